The number of aromatic nitrogens is 2. The number of aliphatic hydroxyl groups is 1. The van der Waals surface area contributed by atoms with Crippen LogP contribution in [0.25, 0.3) is 0 Å². The summed E-state index contributed by atoms with van der Waals surface area (Å²) in [5.41, 5.74) is 0.387. The van der Waals surface area contributed by atoms with E-state index in [0.717, 1.165) is 0 Å². The second-order valence-electron chi connectivity index (χ2n) is 7.85. The van der Waals surface area contributed by atoms with E-state index in [1.165, 1.54) is 17.1 Å². The van der Waals surface area contributed by atoms with E-state index in [9.17, 15) is 18.3 Å². The Morgan fingerprint density at radius 1 is 1.39 bits per heavy atom. The van der Waals surface area contributed by atoms with Gasteiger partial charge in [0.05, 0.1) is 30.2 Å². The summed E-state index contributed by atoms with van der Waals surface area (Å²) in [5.74, 6) is -0.238. The lowest BCUT2D eigenvalue weighted by Gasteiger charge is -2.37. The van der Waals surface area contributed by atoms with Crippen LogP contribution in [-0.2, 0) is 17.1 Å². The number of para-hydroxylation sites is 1. The number of carbonyl (C=O) groups excluding carboxylic acids is 1. The predicted molar refractivity (Wildman–Crippen MR) is 116 cm³/mol. The highest BCUT2D eigenvalue weighted by Crippen LogP contribution is 2.35. The standard InChI is InChI=1S/C20H29N5O5S/c1-13-9-25(14(2)11-26)20(27)15-6-5-7-16(19(15)30-17(13)8-21-3)23-31(28,29)18-10-24(4)12-22-18/h5-7,10,12-14,17,21,23,26H,8-9,11H2,1-4H3/t13-,14+,17-/m1/s1. The largest absolute Gasteiger partial charge is 0.486 e. The molecule has 1 amide bonds. The number of aryl methyl sites for hydroxylation is 1. The minimum absolute atomic E-state index is 0.0704. The topological polar surface area (TPSA) is 126 Å². The van der Waals surface area contributed by atoms with Crippen LogP contribution in [-0.4, -0.2) is 72.8 Å². The lowest BCUT2D eigenvalue weighted by molar-refractivity contribution is 0.0417. The quantitative estimate of drug-likeness (QED) is 0.565. The Hall–Kier alpha value is -2.63. The lowest BCUT2D eigenvalue weighted by Crippen LogP contribution is -2.49. The Bertz CT molecular complexity index is 1040. The van der Waals surface area contributed by atoms with Crippen LogP contribution in [0.5, 0.6) is 5.75 Å². The van der Waals surface area contributed by atoms with Gasteiger partial charge < -0.3 is 24.6 Å². The number of aliphatic hydroxyl groups excluding tert-OH is 1. The molecule has 3 atom stereocenters. The third kappa shape index (κ3) is 4.83. The molecule has 0 unspecified atom stereocenters. The monoisotopic (exact) mass is 451 g/mol. The highest BCUT2D eigenvalue weighted by molar-refractivity contribution is 7.92. The Kier molecular flexibility index (Phi) is 6.87. The van der Waals surface area contributed by atoms with Gasteiger partial charge in [0, 0.05) is 32.3 Å². The van der Waals surface area contributed by atoms with Gasteiger partial charge in [0.25, 0.3) is 15.9 Å². The molecule has 0 aliphatic carbocycles. The van der Waals surface area contributed by atoms with Gasteiger partial charge in [0.15, 0.2) is 10.8 Å². The average Bonchev–Trinajstić information content (AvgIpc) is 3.18. The van der Waals surface area contributed by atoms with Crippen molar-refractivity contribution in [2.24, 2.45) is 13.0 Å². The maximum atomic E-state index is 13.3. The first-order valence-corrected chi connectivity index (χ1v) is 11.5. The van der Waals surface area contributed by atoms with E-state index in [4.69, 9.17) is 4.74 Å². The van der Waals surface area contributed by atoms with Crippen LogP contribution in [0.3, 0.4) is 0 Å². The normalized spacial score (nSPS) is 20.4. The van der Waals surface area contributed by atoms with Crippen molar-refractivity contribution < 1.29 is 23.1 Å². The molecule has 0 saturated carbocycles. The van der Waals surface area contributed by atoms with Crippen LogP contribution >= 0.6 is 0 Å². The van der Waals surface area contributed by atoms with Gasteiger partial charge in [-0.05, 0) is 26.1 Å². The summed E-state index contributed by atoms with van der Waals surface area (Å²) >= 11 is 0. The minimum Gasteiger partial charge on any atom is -0.486 e. The first-order valence-electron chi connectivity index (χ1n) is 10.0. The lowest BCUT2D eigenvalue weighted by atomic mass is 9.99. The van der Waals surface area contributed by atoms with Crippen LogP contribution in [0.1, 0.15) is 24.2 Å². The molecule has 0 radical (unpaired) electrons. The molecule has 2 aromatic rings. The molecule has 0 spiro atoms. The van der Waals surface area contributed by atoms with E-state index >= 15 is 0 Å². The first kappa shape index (κ1) is 23.0. The summed E-state index contributed by atoms with van der Waals surface area (Å²) in [7, 11) is -0.515. The summed E-state index contributed by atoms with van der Waals surface area (Å²) in [6, 6.07) is 4.34. The third-order valence-corrected chi connectivity index (χ3v) is 6.55. The number of anilines is 1. The molecule has 1 aliphatic rings. The van der Waals surface area contributed by atoms with Gasteiger partial charge in [0.2, 0.25) is 0 Å². The molecule has 1 aliphatic heterocycles. The van der Waals surface area contributed by atoms with E-state index in [2.05, 4.69) is 15.0 Å². The van der Waals surface area contributed by atoms with Crippen molar-refractivity contribution in [2.45, 2.75) is 31.0 Å². The van der Waals surface area contributed by atoms with Crippen molar-refractivity contribution >= 4 is 21.6 Å². The summed E-state index contributed by atoms with van der Waals surface area (Å²) in [6.07, 6.45) is 2.45. The number of benzene rings is 1. The van der Waals surface area contributed by atoms with Crippen molar-refractivity contribution in [3.05, 3.63) is 36.3 Å². The van der Waals surface area contributed by atoms with Gasteiger partial charge in [-0.1, -0.05) is 13.0 Å². The summed E-state index contributed by atoms with van der Waals surface area (Å²) in [5, 5.41) is 12.6. The second kappa shape index (κ2) is 9.25. The van der Waals surface area contributed by atoms with Gasteiger partial charge >= 0.3 is 0 Å². The second-order valence-corrected chi connectivity index (χ2v) is 9.47. The maximum absolute atomic E-state index is 13.3. The van der Waals surface area contributed by atoms with E-state index in [1.54, 1.807) is 44.1 Å². The predicted octanol–water partition coefficient (Wildman–Crippen LogP) is 0.660. The summed E-state index contributed by atoms with van der Waals surface area (Å²) in [4.78, 5) is 18.8. The van der Waals surface area contributed by atoms with Crippen molar-refractivity contribution in [1.29, 1.82) is 0 Å². The van der Waals surface area contributed by atoms with E-state index < -0.39 is 16.1 Å². The number of rotatable bonds is 7. The summed E-state index contributed by atoms with van der Waals surface area (Å²) < 4.78 is 35.9. The maximum Gasteiger partial charge on any atom is 0.281 e. The molecule has 3 rings (SSSR count). The zero-order valence-corrected chi connectivity index (χ0v) is 18.9. The van der Waals surface area contributed by atoms with Crippen LogP contribution in [0, 0.1) is 5.92 Å². The van der Waals surface area contributed by atoms with Gasteiger partial charge in [-0.2, -0.15) is 8.42 Å². The fourth-order valence-electron chi connectivity index (χ4n) is 3.49. The Balaban J connectivity index is 2.08. The van der Waals surface area contributed by atoms with Crippen molar-refractivity contribution in [3.8, 4) is 5.75 Å². The molecule has 170 valence electrons. The molecular formula is C20H29N5O5S. The Morgan fingerprint density at radius 3 is 2.74 bits per heavy atom. The third-order valence-electron chi connectivity index (χ3n) is 5.30. The highest BCUT2D eigenvalue weighted by atomic mass is 32.2. The van der Waals surface area contributed by atoms with E-state index in [0.29, 0.717) is 13.1 Å². The number of amides is 1. The fraction of sp³-hybridized carbons (Fsp3) is 0.500. The zero-order chi connectivity index (χ0) is 22.8. The van der Waals surface area contributed by atoms with E-state index in [-0.39, 0.29) is 46.6 Å². The van der Waals surface area contributed by atoms with Crippen LogP contribution < -0.4 is 14.8 Å². The number of nitrogens with one attached hydrogen (secondary N) is 2. The van der Waals surface area contributed by atoms with Crippen LogP contribution in [0.4, 0.5) is 5.69 Å². The van der Waals surface area contributed by atoms with Gasteiger partial charge in [-0.3, -0.25) is 9.52 Å². The Labute approximate surface area is 182 Å². The van der Waals surface area contributed by atoms with Gasteiger partial charge in [-0.15, -0.1) is 0 Å². The molecule has 1 aromatic carbocycles. The molecule has 0 bridgehead atoms. The van der Waals surface area contributed by atoms with E-state index in [1.807, 2.05) is 6.92 Å². The Morgan fingerprint density at radius 2 is 2.13 bits per heavy atom. The number of imidazole rings is 1. The molecule has 11 heteroatoms. The molecule has 0 fully saturated rings. The number of ether oxygens (including phenoxy) is 1. The number of carbonyl (C=O) groups is 1. The van der Waals surface area contributed by atoms with Crippen molar-refractivity contribution in [3.63, 3.8) is 0 Å². The van der Waals surface area contributed by atoms with Crippen molar-refractivity contribution in [1.82, 2.24) is 19.8 Å². The minimum atomic E-state index is -3.98. The SMILES string of the molecule is CNC[C@H]1Oc2c(NS(=O)(=O)c3cn(C)cn3)cccc2C(=O)N([C@@H](C)CO)C[C@H]1C. The number of hydrogen-bond donors (Lipinski definition) is 3. The molecule has 0 saturated heterocycles. The fourth-order valence-corrected chi connectivity index (χ4v) is 4.54. The molecular weight excluding hydrogens is 422 g/mol. The van der Waals surface area contributed by atoms with Crippen molar-refractivity contribution in [2.75, 3.05) is 31.5 Å². The zero-order valence-electron chi connectivity index (χ0n) is 18.1. The molecule has 2 heterocycles. The highest BCUT2D eigenvalue weighted by Gasteiger charge is 2.34. The number of hydrogen-bond acceptors (Lipinski definition) is 7. The van der Waals surface area contributed by atoms with Gasteiger partial charge in [-0.25, -0.2) is 4.98 Å². The van der Waals surface area contributed by atoms with Crippen LogP contribution in [0.15, 0.2) is 35.7 Å². The molecule has 10 nitrogen and oxygen atoms in total. The molecule has 3 N–H and O–H groups in total. The number of fused-ring (bicyclic) bond motifs is 1. The number of nitrogens with zero attached hydrogens (tertiary/aromatic N) is 3. The van der Waals surface area contributed by atoms with Gasteiger partial charge in [0.1, 0.15) is 6.10 Å². The smallest absolute Gasteiger partial charge is 0.281 e. The molecule has 31 heavy (non-hydrogen) atoms. The van der Waals surface area contributed by atoms with Crippen LogP contribution in [0.2, 0.25) is 0 Å². The average molecular weight is 452 g/mol. The number of likely N-dealkylation sites (N-methyl/N-ethyl adjacent to an activating group) is 1. The number of sulfonamides is 1. The summed E-state index contributed by atoms with van der Waals surface area (Å²) in [6.45, 7) is 4.44. The first-order chi connectivity index (χ1) is 14.7. The molecule has 1 aromatic heterocycles.